The van der Waals surface area contributed by atoms with Gasteiger partial charge in [0.25, 0.3) is 10.0 Å². The van der Waals surface area contributed by atoms with E-state index in [-0.39, 0.29) is 4.90 Å². The third-order valence-electron chi connectivity index (χ3n) is 5.06. The van der Waals surface area contributed by atoms with Crippen LogP contribution in [0.1, 0.15) is 11.1 Å². The molecule has 6 nitrogen and oxygen atoms in total. The molecule has 2 aromatic heterocycles. The van der Waals surface area contributed by atoms with Crippen LogP contribution in [0.4, 0.5) is 5.69 Å². The summed E-state index contributed by atoms with van der Waals surface area (Å²) in [6.07, 6.45) is 4.61. The molecule has 0 aliphatic carbocycles. The molecular formula is C22H19N3O3S. The summed E-state index contributed by atoms with van der Waals surface area (Å²) in [7, 11) is -3.70. The number of imidazole rings is 1. The minimum Gasteiger partial charge on any atom is -0.493 e. The van der Waals surface area contributed by atoms with E-state index in [1.807, 2.05) is 48.0 Å². The van der Waals surface area contributed by atoms with E-state index >= 15 is 0 Å². The smallest absolute Gasteiger partial charge is 0.261 e. The topological polar surface area (TPSA) is 72.7 Å². The predicted octanol–water partition coefficient (Wildman–Crippen LogP) is 4.05. The number of pyridine rings is 1. The van der Waals surface area contributed by atoms with Gasteiger partial charge >= 0.3 is 0 Å². The maximum absolute atomic E-state index is 12.9. The zero-order valence-corrected chi connectivity index (χ0v) is 16.6. The van der Waals surface area contributed by atoms with E-state index in [1.165, 1.54) is 0 Å². The average Bonchev–Trinajstić information content (AvgIpc) is 3.35. The van der Waals surface area contributed by atoms with Crippen LogP contribution in [-0.2, 0) is 16.4 Å². The lowest BCUT2D eigenvalue weighted by molar-refractivity contribution is 0.356. The molecule has 0 radical (unpaired) electrons. The van der Waals surface area contributed by atoms with Gasteiger partial charge in [0.15, 0.2) is 0 Å². The summed E-state index contributed by atoms with van der Waals surface area (Å²) >= 11 is 0. The molecule has 0 fully saturated rings. The number of anilines is 1. The van der Waals surface area contributed by atoms with Crippen LogP contribution in [0.3, 0.4) is 0 Å². The van der Waals surface area contributed by atoms with Gasteiger partial charge in [0.05, 0.1) is 17.2 Å². The van der Waals surface area contributed by atoms with Gasteiger partial charge < -0.3 is 9.14 Å². The molecule has 0 spiro atoms. The standard InChI is InChI=1S/C22H19N3O3S/c1-15-4-3-10-25-14-20(23-22(15)25)16-5-2-6-18(12-16)24-29(26,27)19-7-8-21-17(13-19)9-11-28-21/h2-8,10,12-14,24H,9,11H2,1H3. The molecule has 0 amide bonds. The first-order chi connectivity index (χ1) is 14.0. The number of hydrogen-bond donors (Lipinski definition) is 1. The van der Waals surface area contributed by atoms with Crippen molar-refractivity contribution in [2.75, 3.05) is 11.3 Å². The second-order valence-electron chi connectivity index (χ2n) is 7.10. The number of sulfonamides is 1. The third-order valence-corrected chi connectivity index (χ3v) is 6.44. The largest absolute Gasteiger partial charge is 0.493 e. The minimum absolute atomic E-state index is 0.232. The zero-order chi connectivity index (χ0) is 20.0. The average molecular weight is 405 g/mol. The molecule has 5 rings (SSSR count). The Labute approximate surface area is 168 Å². The first-order valence-corrected chi connectivity index (χ1v) is 10.8. The van der Waals surface area contributed by atoms with E-state index < -0.39 is 10.0 Å². The number of rotatable bonds is 4. The number of hydrogen-bond acceptors (Lipinski definition) is 4. The van der Waals surface area contributed by atoms with Crippen LogP contribution in [-0.4, -0.2) is 24.4 Å². The second kappa shape index (κ2) is 6.63. The van der Waals surface area contributed by atoms with E-state index in [2.05, 4.69) is 9.71 Å². The predicted molar refractivity (Wildman–Crippen MR) is 112 cm³/mol. The van der Waals surface area contributed by atoms with Crippen molar-refractivity contribution in [3.63, 3.8) is 0 Å². The van der Waals surface area contributed by atoms with Crippen LogP contribution in [0.15, 0.2) is 71.9 Å². The van der Waals surface area contributed by atoms with Gasteiger partial charge in [0, 0.05) is 30.1 Å². The maximum atomic E-state index is 12.9. The zero-order valence-electron chi connectivity index (χ0n) is 15.8. The van der Waals surface area contributed by atoms with Gasteiger partial charge in [-0.05, 0) is 54.4 Å². The normalized spacial score (nSPS) is 13.3. The Morgan fingerprint density at radius 2 is 2.00 bits per heavy atom. The molecule has 0 saturated heterocycles. The van der Waals surface area contributed by atoms with Crippen molar-refractivity contribution < 1.29 is 13.2 Å². The Kier molecular flexibility index (Phi) is 4.06. The van der Waals surface area contributed by atoms with Gasteiger partial charge in [0.2, 0.25) is 0 Å². The Morgan fingerprint density at radius 1 is 1.10 bits per heavy atom. The molecule has 4 aromatic rings. The fraction of sp³-hybridized carbons (Fsp3) is 0.136. The fourth-order valence-electron chi connectivity index (χ4n) is 3.58. The SMILES string of the molecule is Cc1cccn2cc(-c3cccc(NS(=O)(=O)c4ccc5c(c4)CCO5)c3)nc12. The summed E-state index contributed by atoms with van der Waals surface area (Å²) in [6.45, 7) is 2.60. The maximum Gasteiger partial charge on any atom is 0.261 e. The number of aryl methyl sites for hydroxylation is 1. The highest BCUT2D eigenvalue weighted by atomic mass is 32.2. The van der Waals surface area contributed by atoms with Crippen LogP contribution < -0.4 is 9.46 Å². The highest BCUT2D eigenvalue weighted by molar-refractivity contribution is 7.92. The van der Waals surface area contributed by atoms with Crippen LogP contribution in [0.25, 0.3) is 16.9 Å². The fourth-order valence-corrected chi connectivity index (χ4v) is 4.68. The van der Waals surface area contributed by atoms with Crippen molar-refractivity contribution in [1.29, 1.82) is 0 Å². The minimum atomic E-state index is -3.70. The summed E-state index contributed by atoms with van der Waals surface area (Å²) < 4.78 is 35.8. The quantitative estimate of drug-likeness (QED) is 0.556. The van der Waals surface area contributed by atoms with E-state index in [1.54, 1.807) is 30.3 Å². The van der Waals surface area contributed by atoms with Crippen molar-refractivity contribution in [2.24, 2.45) is 0 Å². The van der Waals surface area contributed by atoms with Crippen LogP contribution >= 0.6 is 0 Å². The van der Waals surface area contributed by atoms with Gasteiger partial charge in [-0.1, -0.05) is 18.2 Å². The highest BCUT2D eigenvalue weighted by Crippen LogP contribution is 2.29. The first-order valence-electron chi connectivity index (χ1n) is 9.33. The molecular weight excluding hydrogens is 386 g/mol. The Bertz CT molecular complexity index is 1340. The molecule has 1 aliphatic heterocycles. The number of nitrogens with zero attached hydrogens (tertiary/aromatic N) is 2. The molecule has 146 valence electrons. The van der Waals surface area contributed by atoms with Crippen molar-refractivity contribution in [1.82, 2.24) is 9.38 Å². The number of ether oxygens (including phenoxy) is 1. The summed E-state index contributed by atoms with van der Waals surface area (Å²) in [5, 5.41) is 0. The van der Waals surface area contributed by atoms with E-state index in [0.29, 0.717) is 12.3 Å². The molecule has 1 aliphatic rings. The monoisotopic (exact) mass is 405 g/mol. The molecule has 2 aromatic carbocycles. The summed E-state index contributed by atoms with van der Waals surface area (Å²) in [4.78, 5) is 4.92. The lowest BCUT2D eigenvalue weighted by atomic mass is 10.1. The third kappa shape index (κ3) is 3.23. The van der Waals surface area contributed by atoms with Crippen molar-refractivity contribution in [3.8, 4) is 17.0 Å². The van der Waals surface area contributed by atoms with Gasteiger partial charge in [-0.15, -0.1) is 0 Å². The van der Waals surface area contributed by atoms with Gasteiger partial charge in [0.1, 0.15) is 11.4 Å². The Morgan fingerprint density at radius 3 is 2.86 bits per heavy atom. The van der Waals surface area contributed by atoms with Crippen molar-refractivity contribution >= 4 is 21.4 Å². The summed E-state index contributed by atoms with van der Waals surface area (Å²) in [5.41, 5.74) is 5.01. The molecule has 0 unspecified atom stereocenters. The summed E-state index contributed by atoms with van der Waals surface area (Å²) in [5.74, 6) is 0.757. The number of aromatic nitrogens is 2. The molecule has 1 N–H and O–H groups in total. The number of fused-ring (bicyclic) bond motifs is 2. The van der Waals surface area contributed by atoms with Crippen molar-refractivity contribution in [2.45, 2.75) is 18.2 Å². The van der Waals surface area contributed by atoms with Crippen LogP contribution in [0, 0.1) is 6.92 Å². The van der Waals surface area contributed by atoms with E-state index in [0.717, 1.165) is 40.2 Å². The lowest BCUT2D eigenvalue weighted by Crippen LogP contribution is -2.13. The number of benzene rings is 2. The van der Waals surface area contributed by atoms with Gasteiger partial charge in [-0.25, -0.2) is 13.4 Å². The molecule has 7 heteroatoms. The summed E-state index contributed by atoms with van der Waals surface area (Å²) in [6, 6.07) is 16.2. The molecule has 29 heavy (non-hydrogen) atoms. The molecule has 3 heterocycles. The van der Waals surface area contributed by atoms with E-state index in [4.69, 9.17) is 4.74 Å². The molecule has 0 atom stereocenters. The lowest BCUT2D eigenvalue weighted by Gasteiger charge is -2.10. The highest BCUT2D eigenvalue weighted by Gasteiger charge is 2.19. The molecule has 0 bridgehead atoms. The van der Waals surface area contributed by atoms with Gasteiger partial charge in [-0.2, -0.15) is 0 Å². The Hall–Kier alpha value is -3.32. The first kappa shape index (κ1) is 17.8. The second-order valence-corrected chi connectivity index (χ2v) is 8.78. The molecule has 0 saturated carbocycles. The Balaban J connectivity index is 1.47. The van der Waals surface area contributed by atoms with Crippen molar-refractivity contribution in [3.05, 3.63) is 78.1 Å². The van der Waals surface area contributed by atoms with Crippen LogP contribution in [0.2, 0.25) is 0 Å². The van der Waals surface area contributed by atoms with E-state index in [9.17, 15) is 8.42 Å². The van der Waals surface area contributed by atoms with Gasteiger partial charge in [-0.3, -0.25) is 4.72 Å². The number of nitrogens with one attached hydrogen (secondary N) is 1. The van der Waals surface area contributed by atoms with Crippen LogP contribution in [0.5, 0.6) is 5.75 Å².